The average Bonchev–Trinajstić information content (AvgIpc) is 3.47. The number of carbonyl (C=O) groups is 2. The lowest BCUT2D eigenvalue weighted by Crippen LogP contribution is -2.35. The van der Waals surface area contributed by atoms with E-state index in [1.807, 2.05) is 36.4 Å². The Hall–Kier alpha value is -3.26. The molecule has 2 aromatic carbocycles. The number of ether oxygens (including phenoxy) is 4. The Morgan fingerprint density at radius 1 is 0.839 bits per heavy atom. The Balaban J connectivity index is 1.26. The van der Waals surface area contributed by atoms with Crippen molar-refractivity contribution in [3.63, 3.8) is 0 Å². The standard InChI is InChI=1S/C23H24N2O6/c1-28-16-5-15(6-17(8-16)29-2)9-24-11-18-19(12-24)23(27)25(22(18)26)10-14-3-4-20-21(7-14)31-13-30-20/h3-8,18-19H,9-13H2,1-2H3/t18-,19+. The summed E-state index contributed by atoms with van der Waals surface area (Å²) in [6.45, 7) is 2.20. The second kappa shape index (κ2) is 7.77. The lowest BCUT2D eigenvalue weighted by Gasteiger charge is -2.21. The van der Waals surface area contributed by atoms with Gasteiger partial charge in [0.15, 0.2) is 11.5 Å². The summed E-state index contributed by atoms with van der Waals surface area (Å²) in [4.78, 5) is 29.6. The molecule has 0 unspecified atom stereocenters. The van der Waals surface area contributed by atoms with Gasteiger partial charge in [-0.2, -0.15) is 0 Å². The fourth-order valence-electron chi connectivity index (χ4n) is 4.62. The molecule has 162 valence electrons. The van der Waals surface area contributed by atoms with Crippen molar-refractivity contribution < 1.29 is 28.5 Å². The van der Waals surface area contributed by atoms with E-state index in [0.29, 0.717) is 31.1 Å². The molecule has 31 heavy (non-hydrogen) atoms. The number of imide groups is 1. The summed E-state index contributed by atoms with van der Waals surface area (Å²) in [6.07, 6.45) is 0. The van der Waals surface area contributed by atoms with Gasteiger partial charge in [0.25, 0.3) is 0 Å². The van der Waals surface area contributed by atoms with E-state index < -0.39 is 0 Å². The van der Waals surface area contributed by atoms with Crippen LogP contribution in [0.1, 0.15) is 11.1 Å². The number of carbonyl (C=O) groups excluding carboxylic acids is 2. The quantitative estimate of drug-likeness (QED) is 0.657. The number of rotatable bonds is 6. The van der Waals surface area contributed by atoms with Crippen molar-refractivity contribution in [2.75, 3.05) is 34.1 Å². The topological polar surface area (TPSA) is 77.5 Å². The van der Waals surface area contributed by atoms with Gasteiger partial charge in [-0.25, -0.2) is 0 Å². The van der Waals surface area contributed by atoms with Gasteiger partial charge in [-0.05, 0) is 35.4 Å². The fraction of sp³-hybridized carbons (Fsp3) is 0.391. The van der Waals surface area contributed by atoms with Crippen molar-refractivity contribution in [2.45, 2.75) is 13.1 Å². The maximum Gasteiger partial charge on any atom is 0.234 e. The number of methoxy groups -OCH3 is 2. The van der Waals surface area contributed by atoms with Gasteiger partial charge in [0, 0.05) is 25.7 Å². The number of likely N-dealkylation sites (tertiary alicyclic amines) is 2. The van der Waals surface area contributed by atoms with E-state index in [-0.39, 0.29) is 37.0 Å². The van der Waals surface area contributed by atoms with Gasteiger partial charge in [-0.1, -0.05) is 6.07 Å². The summed E-state index contributed by atoms with van der Waals surface area (Å²) in [5, 5.41) is 0. The minimum atomic E-state index is -0.297. The van der Waals surface area contributed by atoms with Gasteiger partial charge in [0.05, 0.1) is 32.6 Å². The van der Waals surface area contributed by atoms with Crippen LogP contribution >= 0.6 is 0 Å². The lowest BCUT2D eigenvalue weighted by molar-refractivity contribution is -0.141. The zero-order chi connectivity index (χ0) is 21.5. The van der Waals surface area contributed by atoms with E-state index in [1.165, 1.54) is 4.90 Å². The Morgan fingerprint density at radius 2 is 1.48 bits per heavy atom. The molecule has 0 saturated carbocycles. The molecule has 0 bridgehead atoms. The molecule has 2 atom stereocenters. The van der Waals surface area contributed by atoms with Crippen LogP contribution in [-0.2, 0) is 22.7 Å². The predicted molar refractivity (Wildman–Crippen MR) is 110 cm³/mol. The molecule has 3 aliphatic rings. The molecule has 8 heteroatoms. The molecule has 2 fully saturated rings. The predicted octanol–water partition coefficient (Wildman–Crippen LogP) is 2.05. The zero-order valence-electron chi connectivity index (χ0n) is 17.5. The van der Waals surface area contributed by atoms with Crippen LogP contribution in [0.5, 0.6) is 23.0 Å². The summed E-state index contributed by atoms with van der Waals surface area (Å²) in [7, 11) is 3.23. The summed E-state index contributed by atoms with van der Waals surface area (Å²) in [6, 6.07) is 11.2. The Labute approximate surface area is 180 Å². The molecule has 0 spiro atoms. The SMILES string of the molecule is COc1cc(CN2C[C@@H]3C(=O)N(Cc4ccc5c(c4)OCO5)C(=O)[C@@H]3C2)cc(OC)c1. The van der Waals surface area contributed by atoms with Crippen LogP contribution in [0.15, 0.2) is 36.4 Å². The minimum Gasteiger partial charge on any atom is -0.497 e. The van der Waals surface area contributed by atoms with E-state index in [1.54, 1.807) is 14.2 Å². The highest BCUT2D eigenvalue weighted by Crippen LogP contribution is 2.37. The van der Waals surface area contributed by atoms with Crippen molar-refractivity contribution in [2.24, 2.45) is 11.8 Å². The van der Waals surface area contributed by atoms with Crippen LogP contribution in [-0.4, -0.2) is 55.7 Å². The third-order valence-electron chi connectivity index (χ3n) is 6.16. The first-order valence-corrected chi connectivity index (χ1v) is 10.2. The number of fused-ring (bicyclic) bond motifs is 2. The molecular weight excluding hydrogens is 400 g/mol. The first-order valence-electron chi connectivity index (χ1n) is 10.2. The van der Waals surface area contributed by atoms with Crippen molar-refractivity contribution in [3.05, 3.63) is 47.5 Å². The molecule has 3 aliphatic heterocycles. The van der Waals surface area contributed by atoms with E-state index in [4.69, 9.17) is 18.9 Å². The summed E-state index contributed by atoms with van der Waals surface area (Å²) in [5.74, 6) is 1.98. The number of hydrogen-bond acceptors (Lipinski definition) is 7. The van der Waals surface area contributed by atoms with Crippen molar-refractivity contribution in [1.29, 1.82) is 0 Å². The molecule has 8 nitrogen and oxygen atoms in total. The molecule has 0 aliphatic carbocycles. The van der Waals surface area contributed by atoms with Crippen LogP contribution in [0.2, 0.25) is 0 Å². The Morgan fingerprint density at radius 3 is 2.13 bits per heavy atom. The number of benzene rings is 2. The average molecular weight is 424 g/mol. The van der Waals surface area contributed by atoms with Crippen molar-refractivity contribution >= 4 is 11.8 Å². The molecule has 2 saturated heterocycles. The Kier molecular flexibility index (Phi) is 4.94. The maximum atomic E-state index is 13.0. The zero-order valence-corrected chi connectivity index (χ0v) is 17.5. The lowest BCUT2D eigenvalue weighted by atomic mass is 10.00. The van der Waals surface area contributed by atoms with E-state index in [2.05, 4.69) is 4.90 Å². The molecule has 0 aromatic heterocycles. The van der Waals surface area contributed by atoms with Crippen LogP contribution < -0.4 is 18.9 Å². The van der Waals surface area contributed by atoms with Crippen LogP contribution in [0.25, 0.3) is 0 Å². The second-order valence-corrected chi connectivity index (χ2v) is 8.08. The van der Waals surface area contributed by atoms with Gasteiger partial charge < -0.3 is 18.9 Å². The normalized spacial score (nSPS) is 22.2. The third-order valence-corrected chi connectivity index (χ3v) is 6.16. The molecule has 5 rings (SSSR count). The summed E-state index contributed by atoms with van der Waals surface area (Å²) < 4.78 is 21.4. The minimum absolute atomic E-state index is 0.0987. The summed E-state index contributed by atoms with van der Waals surface area (Å²) >= 11 is 0. The van der Waals surface area contributed by atoms with Crippen molar-refractivity contribution in [1.82, 2.24) is 9.80 Å². The van der Waals surface area contributed by atoms with Gasteiger partial charge in [0.1, 0.15) is 11.5 Å². The van der Waals surface area contributed by atoms with Crippen LogP contribution in [0.4, 0.5) is 0 Å². The first kappa shape index (κ1) is 19.7. The first-order chi connectivity index (χ1) is 15.1. The fourth-order valence-corrected chi connectivity index (χ4v) is 4.62. The molecule has 2 amide bonds. The van der Waals surface area contributed by atoms with Crippen LogP contribution in [0.3, 0.4) is 0 Å². The van der Waals surface area contributed by atoms with E-state index in [0.717, 1.165) is 22.6 Å². The second-order valence-electron chi connectivity index (χ2n) is 8.08. The third kappa shape index (κ3) is 3.57. The molecule has 0 radical (unpaired) electrons. The van der Waals surface area contributed by atoms with Gasteiger partial charge in [-0.15, -0.1) is 0 Å². The highest BCUT2D eigenvalue weighted by molar-refractivity contribution is 6.05. The summed E-state index contributed by atoms with van der Waals surface area (Å²) in [5.41, 5.74) is 1.87. The number of amides is 2. The number of hydrogen-bond donors (Lipinski definition) is 0. The smallest absolute Gasteiger partial charge is 0.234 e. The van der Waals surface area contributed by atoms with Gasteiger partial charge in [0.2, 0.25) is 18.6 Å². The van der Waals surface area contributed by atoms with Gasteiger partial charge in [-0.3, -0.25) is 19.4 Å². The Bertz CT molecular complexity index is 992. The highest BCUT2D eigenvalue weighted by Gasteiger charge is 2.52. The largest absolute Gasteiger partial charge is 0.497 e. The van der Waals surface area contributed by atoms with Gasteiger partial charge >= 0.3 is 0 Å². The molecule has 0 N–H and O–H groups in total. The highest BCUT2D eigenvalue weighted by atomic mass is 16.7. The van der Waals surface area contributed by atoms with E-state index in [9.17, 15) is 9.59 Å². The molecular formula is C23H24N2O6. The monoisotopic (exact) mass is 424 g/mol. The van der Waals surface area contributed by atoms with Crippen LogP contribution in [0, 0.1) is 11.8 Å². The molecule has 3 heterocycles. The van der Waals surface area contributed by atoms with Crippen molar-refractivity contribution in [3.8, 4) is 23.0 Å². The van der Waals surface area contributed by atoms with E-state index >= 15 is 0 Å². The molecule has 2 aromatic rings. The number of nitrogens with zero attached hydrogens (tertiary/aromatic N) is 2. The maximum absolute atomic E-state index is 13.0.